The Bertz CT molecular complexity index is 708. The molecule has 0 saturated carbocycles. The van der Waals surface area contributed by atoms with Gasteiger partial charge in [-0.1, -0.05) is 11.6 Å². The van der Waals surface area contributed by atoms with Crippen LogP contribution in [0, 0.1) is 11.7 Å². The molecular formula is C12H13ClN4O2S. The molecule has 0 amide bonds. The van der Waals surface area contributed by atoms with Gasteiger partial charge in [-0.15, -0.1) is 0 Å². The van der Waals surface area contributed by atoms with Crippen molar-refractivity contribution < 1.29 is 9.84 Å². The molecule has 2 aromatic rings. The molecule has 0 spiro atoms. The molecule has 1 aromatic heterocycles. The summed E-state index contributed by atoms with van der Waals surface area (Å²) in [7, 11) is 0. The monoisotopic (exact) mass is 312 g/mol. The number of ether oxygens (including phenoxy) is 1. The summed E-state index contributed by atoms with van der Waals surface area (Å²) in [4.78, 5) is 0. The van der Waals surface area contributed by atoms with E-state index in [2.05, 4.69) is 15.3 Å². The standard InChI is InChI=1S/C12H13ClN4O2S/c1-3-19-10-5-8(4-9(13)11(10)18)6-14-17-7(2)15-16-12(17)20/h4-6,18H,3H2,1-2H3,(H,16,20)/b14-6-. The van der Waals surface area contributed by atoms with E-state index in [1.54, 1.807) is 25.3 Å². The SMILES string of the molecule is CCOc1cc(/C=N\n2c(C)n[nH]c2=S)cc(Cl)c1O. The van der Waals surface area contributed by atoms with Crippen molar-refractivity contribution in [3.8, 4) is 11.5 Å². The normalized spacial score (nSPS) is 11.2. The molecule has 0 aliphatic heterocycles. The van der Waals surface area contributed by atoms with Crippen LogP contribution in [0.3, 0.4) is 0 Å². The number of halogens is 1. The van der Waals surface area contributed by atoms with Crippen LogP contribution >= 0.6 is 23.8 Å². The van der Waals surface area contributed by atoms with Gasteiger partial charge in [-0.05, 0) is 43.8 Å². The number of H-pyrrole nitrogens is 1. The number of hydrogen-bond acceptors (Lipinski definition) is 5. The quantitative estimate of drug-likeness (QED) is 0.672. The second kappa shape index (κ2) is 6.06. The highest BCUT2D eigenvalue weighted by Crippen LogP contribution is 2.34. The fourth-order valence-electron chi connectivity index (χ4n) is 1.56. The zero-order valence-electron chi connectivity index (χ0n) is 10.9. The minimum Gasteiger partial charge on any atom is -0.503 e. The van der Waals surface area contributed by atoms with Gasteiger partial charge in [-0.25, -0.2) is 0 Å². The van der Waals surface area contributed by atoms with Gasteiger partial charge in [0.1, 0.15) is 5.82 Å². The van der Waals surface area contributed by atoms with Crippen molar-refractivity contribution in [1.29, 1.82) is 0 Å². The summed E-state index contributed by atoms with van der Waals surface area (Å²) in [6.07, 6.45) is 1.56. The second-order valence-corrected chi connectivity index (χ2v) is 4.71. The molecule has 8 heteroatoms. The number of benzene rings is 1. The molecule has 6 nitrogen and oxygen atoms in total. The number of aromatic hydroxyl groups is 1. The molecule has 2 rings (SSSR count). The van der Waals surface area contributed by atoms with Crippen LogP contribution in [0.25, 0.3) is 0 Å². The van der Waals surface area contributed by atoms with Crippen molar-refractivity contribution >= 4 is 30.0 Å². The summed E-state index contributed by atoms with van der Waals surface area (Å²) in [5.41, 5.74) is 0.679. The lowest BCUT2D eigenvalue weighted by molar-refractivity contribution is 0.318. The van der Waals surface area contributed by atoms with E-state index < -0.39 is 0 Å². The van der Waals surface area contributed by atoms with Gasteiger partial charge in [0.25, 0.3) is 0 Å². The van der Waals surface area contributed by atoms with Crippen molar-refractivity contribution in [2.45, 2.75) is 13.8 Å². The van der Waals surface area contributed by atoms with Crippen molar-refractivity contribution in [1.82, 2.24) is 14.9 Å². The number of nitrogens with one attached hydrogen (secondary N) is 1. The maximum Gasteiger partial charge on any atom is 0.216 e. The van der Waals surface area contributed by atoms with E-state index in [9.17, 15) is 5.11 Å². The summed E-state index contributed by atoms with van der Waals surface area (Å²) >= 11 is 11.0. The Morgan fingerprint density at radius 2 is 2.35 bits per heavy atom. The van der Waals surface area contributed by atoms with E-state index >= 15 is 0 Å². The van der Waals surface area contributed by atoms with Gasteiger partial charge >= 0.3 is 0 Å². The molecule has 1 heterocycles. The number of nitrogens with zero attached hydrogens (tertiary/aromatic N) is 3. The predicted octanol–water partition coefficient (Wildman–Crippen LogP) is 2.89. The number of aromatic amines is 1. The molecular weight excluding hydrogens is 300 g/mol. The molecule has 0 radical (unpaired) electrons. The number of phenolic OH excluding ortho intramolecular Hbond substituents is 1. The molecule has 0 bridgehead atoms. The molecule has 106 valence electrons. The molecule has 20 heavy (non-hydrogen) atoms. The lowest BCUT2D eigenvalue weighted by atomic mass is 10.2. The molecule has 0 fully saturated rings. The average molecular weight is 313 g/mol. The number of phenols is 1. The van der Waals surface area contributed by atoms with Crippen LogP contribution in [0.2, 0.25) is 5.02 Å². The smallest absolute Gasteiger partial charge is 0.216 e. The van der Waals surface area contributed by atoms with Crippen LogP contribution in [0.4, 0.5) is 0 Å². The minimum absolute atomic E-state index is 0.0817. The topological polar surface area (TPSA) is 75.4 Å². The molecule has 1 aromatic carbocycles. The maximum atomic E-state index is 9.76. The molecule has 2 N–H and O–H groups in total. The predicted molar refractivity (Wildman–Crippen MR) is 79.4 cm³/mol. The largest absolute Gasteiger partial charge is 0.503 e. The van der Waals surface area contributed by atoms with Crippen molar-refractivity contribution in [3.05, 3.63) is 33.3 Å². The van der Waals surface area contributed by atoms with Gasteiger partial charge in [0.05, 0.1) is 17.8 Å². The van der Waals surface area contributed by atoms with Crippen LogP contribution in [-0.2, 0) is 0 Å². The number of aromatic nitrogens is 3. The lowest BCUT2D eigenvalue weighted by Gasteiger charge is -2.08. The van der Waals surface area contributed by atoms with Crippen LogP contribution < -0.4 is 4.74 Å². The Hall–Kier alpha value is -1.86. The van der Waals surface area contributed by atoms with Crippen LogP contribution in [0.1, 0.15) is 18.3 Å². The third kappa shape index (κ3) is 3.00. The highest BCUT2D eigenvalue weighted by Gasteiger charge is 2.08. The summed E-state index contributed by atoms with van der Waals surface area (Å²) in [6.45, 7) is 4.03. The Labute approximate surface area is 125 Å². The maximum absolute atomic E-state index is 9.76. The van der Waals surface area contributed by atoms with E-state index in [1.165, 1.54) is 4.68 Å². The van der Waals surface area contributed by atoms with Gasteiger partial charge in [0.15, 0.2) is 11.5 Å². The Kier molecular flexibility index (Phi) is 4.41. The fraction of sp³-hybridized carbons (Fsp3) is 0.250. The van der Waals surface area contributed by atoms with Gasteiger partial charge in [0.2, 0.25) is 4.77 Å². The van der Waals surface area contributed by atoms with E-state index in [1.807, 2.05) is 6.92 Å². The zero-order chi connectivity index (χ0) is 14.7. The third-order valence-corrected chi connectivity index (χ3v) is 3.04. The zero-order valence-corrected chi connectivity index (χ0v) is 12.5. The molecule has 0 aliphatic carbocycles. The Morgan fingerprint density at radius 1 is 1.60 bits per heavy atom. The number of rotatable bonds is 4. The summed E-state index contributed by atoms with van der Waals surface area (Å²) in [5, 5.41) is 20.7. The van der Waals surface area contributed by atoms with Gasteiger partial charge < -0.3 is 9.84 Å². The molecule has 0 atom stereocenters. The van der Waals surface area contributed by atoms with Gasteiger partial charge in [-0.3, -0.25) is 5.10 Å². The first kappa shape index (κ1) is 14.5. The molecule has 0 saturated heterocycles. The molecule has 0 aliphatic rings. The first-order valence-corrected chi connectivity index (χ1v) is 6.65. The number of hydrogen-bond donors (Lipinski definition) is 2. The third-order valence-electron chi connectivity index (χ3n) is 2.49. The van der Waals surface area contributed by atoms with Crippen molar-refractivity contribution in [2.24, 2.45) is 5.10 Å². The van der Waals surface area contributed by atoms with E-state index in [4.69, 9.17) is 28.6 Å². The fourth-order valence-corrected chi connectivity index (χ4v) is 2.01. The van der Waals surface area contributed by atoms with E-state index in [0.717, 1.165) is 0 Å². The van der Waals surface area contributed by atoms with Crippen molar-refractivity contribution in [3.63, 3.8) is 0 Å². The van der Waals surface area contributed by atoms with Gasteiger partial charge in [-0.2, -0.15) is 14.9 Å². The summed E-state index contributed by atoms with van der Waals surface area (Å²) in [6, 6.07) is 3.23. The molecule has 0 unspecified atom stereocenters. The van der Waals surface area contributed by atoms with Crippen molar-refractivity contribution in [2.75, 3.05) is 6.61 Å². The van der Waals surface area contributed by atoms with Crippen LogP contribution in [0.5, 0.6) is 11.5 Å². The second-order valence-electron chi connectivity index (χ2n) is 3.91. The first-order chi connectivity index (χ1) is 9.52. The minimum atomic E-state index is -0.0817. The highest BCUT2D eigenvalue weighted by atomic mass is 35.5. The summed E-state index contributed by atoms with van der Waals surface area (Å²) in [5.74, 6) is 0.872. The van der Waals surface area contributed by atoms with E-state index in [0.29, 0.717) is 28.5 Å². The number of aryl methyl sites for hydroxylation is 1. The highest BCUT2D eigenvalue weighted by molar-refractivity contribution is 7.71. The lowest BCUT2D eigenvalue weighted by Crippen LogP contribution is -1.96. The average Bonchev–Trinajstić information content (AvgIpc) is 2.72. The van der Waals surface area contributed by atoms with Gasteiger partial charge in [0, 0.05) is 0 Å². The Balaban J connectivity index is 2.37. The summed E-state index contributed by atoms with van der Waals surface area (Å²) < 4.78 is 7.18. The Morgan fingerprint density at radius 3 is 2.95 bits per heavy atom. The first-order valence-electron chi connectivity index (χ1n) is 5.86. The van der Waals surface area contributed by atoms with E-state index in [-0.39, 0.29) is 10.8 Å². The van der Waals surface area contributed by atoms with Crippen LogP contribution in [0.15, 0.2) is 17.2 Å². The van der Waals surface area contributed by atoms with Crippen LogP contribution in [-0.4, -0.2) is 32.8 Å².